The van der Waals surface area contributed by atoms with Crippen LogP contribution in [-0.4, -0.2) is 31.9 Å². The van der Waals surface area contributed by atoms with Gasteiger partial charge in [-0.25, -0.2) is 8.42 Å². The summed E-state index contributed by atoms with van der Waals surface area (Å²) in [5, 5.41) is 3.27. The first-order chi connectivity index (χ1) is 10.0. The van der Waals surface area contributed by atoms with Crippen LogP contribution in [0.25, 0.3) is 0 Å². The molecule has 4 nitrogen and oxygen atoms in total. The van der Waals surface area contributed by atoms with Gasteiger partial charge in [-0.1, -0.05) is 20.3 Å². The maximum absolute atomic E-state index is 12.9. The molecule has 6 heteroatoms. The minimum absolute atomic E-state index is 0.170. The Morgan fingerprint density at radius 1 is 1.38 bits per heavy atom. The lowest BCUT2D eigenvalue weighted by Crippen LogP contribution is -2.42. The van der Waals surface area contributed by atoms with Gasteiger partial charge in [0.15, 0.2) is 0 Å². The third kappa shape index (κ3) is 3.67. The van der Waals surface area contributed by atoms with Gasteiger partial charge < -0.3 is 5.32 Å². The molecular weight excluding hydrogens is 304 g/mol. The molecule has 1 N–H and O–H groups in total. The average Bonchev–Trinajstić information content (AvgIpc) is 2.87. The molecule has 0 saturated carbocycles. The minimum Gasteiger partial charge on any atom is -0.312 e. The lowest BCUT2D eigenvalue weighted by Gasteiger charge is -2.33. The fourth-order valence-corrected chi connectivity index (χ4v) is 6.30. The normalized spacial score (nSPS) is 20.8. The van der Waals surface area contributed by atoms with E-state index in [0.717, 1.165) is 49.2 Å². The highest BCUT2D eigenvalue weighted by Gasteiger charge is 2.33. The highest BCUT2D eigenvalue weighted by molar-refractivity contribution is 7.91. The van der Waals surface area contributed by atoms with Crippen LogP contribution in [0.4, 0.5) is 0 Å². The fraction of sp³-hybridized carbons (Fsp3) is 0.733. The number of rotatable bonds is 6. The molecule has 120 valence electrons. The van der Waals surface area contributed by atoms with E-state index >= 15 is 0 Å². The molecule has 1 aromatic heterocycles. The molecule has 21 heavy (non-hydrogen) atoms. The van der Waals surface area contributed by atoms with Gasteiger partial charge in [-0.05, 0) is 44.4 Å². The Hall–Kier alpha value is -0.430. The van der Waals surface area contributed by atoms with Crippen molar-refractivity contribution in [3.05, 3.63) is 16.5 Å². The van der Waals surface area contributed by atoms with Crippen molar-refractivity contribution >= 4 is 21.4 Å². The molecule has 1 aromatic rings. The third-order valence-corrected chi connectivity index (χ3v) is 7.78. The molecule has 0 amide bonds. The molecule has 1 aliphatic heterocycles. The lowest BCUT2D eigenvalue weighted by molar-refractivity contribution is 0.247. The molecular formula is C15H26N2O2S2. The molecule has 1 unspecified atom stereocenters. The smallest absolute Gasteiger partial charge is 0.252 e. The van der Waals surface area contributed by atoms with Gasteiger partial charge in [-0.2, -0.15) is 4.31 Å². The van der Waals surface area contributed by atoms with E-state index in [9.17, 15) is 8.42 Å². The second-order valence-electron chi connectivity index (χ2n) is 5.63. The molecule has 2 rings (SSSR count). The van der Waals surface area contributed by atoms with Crippen molar-refractivity contribution in [2.45, 2.75) is 63.3 Å². The van der Waals surface area contributed by atoms with Gasteiger partial charge in [0.2, 0.25) is 0 Å². The van der Waals surface area contributed by atoms with E-state index in [4.69, 9.17) is 0 Å². The SMILES string of the molecule is CCNCc1sc(S(=O)(=O)N2CCCCC2CC)cc1C. The molecule has 0 aliphatic carbocycles. The van der Waals surface area contributed by atoms with Crippen molar-refractivity contribution in [2.24, 2.45) is 0 Å². The van der Waals surface area contributed by atoms with Crippen LogP contribution < -0.4 is 5.32 Å². The number of nitrogens with one attached hydrogen (secondary N) is 1. The zero-order chi connectivity index (χ0) is 15.5. The van der Waals surface area contributed by atoms with E-state index in [-0.39, 0.29) is 6.04 Å². The zero-order valence-electron chi connectivity index (χ0n) is 13.2. The van der Waals surface area contributed by atoms with Crippen LogP contribution in [0.3, 0.4) is 0 Å². The van der Waals surface area contributed by atoms with Crippen LogP contribution in [0.15, 0.2) is 10.3 Å². The quantitative estimate of drug-likeness (QED) is 0.872. The Balaban J connectivity index is 2.26. The summed E-state index contributed by atoms with van der Waals surface area (Å²) in [6.07, 6.45) is 4.00. The van der Waals surface area contributed by atoms with E-state index in [0.29, 0.717) is 10.8 Å². The number of aryl methyl sites for hydroxylation is 1. The second-order valence-corrected chi connectivity index (χ2v) is 8.88. The molecule has 1 atom stereocenters. The van der Waals surface area contributed by atoms with Crippen LogP contribution in [-0.2, 0) is 16.6 Å². The highest BCUT2D eigenvalue weighted by atomic mass is 32.2. The summed E-state index contributed by atoms with van der Waals surface area (Å²) in [7, 11) is -3.33. The molecule has 1 aliphatic rings. The minimum atomic E-state index is -3.33. The summed E-state index contributed by atoms with van der Waals surface area (Å²) in [4.78, 5) is 1.13. The topological polar surface area (TPSA) is 49.4 Å². The maximum Gasteiger partial charge on any atom is 0.252 e. The summed E-state index contributed by atoms with van der Waals surface area (Å²) < 4.78 is 28.1. The van der Waals surface area contributed by atoms with E-state index in [1.807, 2.05) is 13.0 Å². The predicted molar refractivity (Wildman–Crippen MR) is 88.3 cm³/mol. The van der Waals surface area contributed by atoms with Crippen LogP contribution >= 0.6 is 11.3 Å². The van der Waals surface area contributed by atoms with Gasteiger partial charge in [-0.3, -0.25) is 0 Å². The number of piperidine rings is 1. The van der Waals surface area contributed by atoms with E-state index < -0.39 is 10.0 Å². The van der Waals surface area contributed by atoms with Crippen molar-refractivity contribution in [1.29, 1.82) is 0 Å². The maximum atomic E-state index is 12.9. The van der Waals surface area contributed by atoms with Gasteiger partial charge in [0, 0.05) is 24.0 Å². The Labute approximate surface area is 132 Å². The molecule has 1 fully saturated rings. The molecule has 0 aromatic carbocycles. The Kier molecular flexibility index (Phi) is 5.82. The number of thiophene rings is 1. The third-order valence-electron chi connectivity index (χ3n) is 4.14. The zero-order valence-corrected chi connectivity index (χ0v) is 14.8. The molecule has 0 spiro atoms. The number of hydrogen-bond acceptors (Lipinski definition) is 4. The Morgan fingerprint density at radius 2 is 2.14 bits per heavy atom. The first kappa shape index (κ1) is 16.9. The van der Waals surface area contributed by atoms with Crippen LogP contribution in [0, 0.1) is 6.92 Å². The number of nitrogens with zero attached hydrogens (tertiary/aromatic N) is 1. The van der Waals surface area contributed by atoms with Crippen molar-refractivity contribution in [2.75, 3.05) is 13.1 Å². The summed E-state index contributed by atoms with van der Waals surface area (Å²) in [6, 6.07) is 2.01. The lowest BCUT2D eigenvalue weighted by atomic mass is 10.0. The molecule has 2 heterocycles. The highest BCUT2D eigenvalue weighted by Crippen LogP contribution is 2.32. The Bertz CT molecular complexity index is 566. The average molecular weight is 331 g/mol. The molecule has 1 saturated heterocycles. The fourth-order valence-electron chi connectivity index (χ4n) is 2.84. The summed E-state index contributed by atoms with van der Waals surface area (Å²) in [5.74, 6) is 0. The molecule has 0 radical (unpaired) electrons. The van der Waals surface area contributed by atoms with Crippen molar-refractivity contribution < 1.29 is 8.42 Å². The van der Waals surface area contributed by atoms with E-state index in [1.54, 1.807) is 4.31 Å². The number of hydrogen-bond donors (Lipinski definition) is 1. The van der Waals surface area contributed by atoms with E-state index in [2.05, 4.69) is 19.2 Å². The van der Waals surface area contributed by atoms with Crippen LogP contribution in [0.5, 0.6) is 0 Å². The van der Waals surface area contributed by atoms with Crippen LogP contribution in [0.2, 0.25) is 0 Å². The summed E-state index contributed by atoms with van der Waals surface area (Å²) in [6.45, 7) is 8.44. The largest absolute Gasteiger partial charge is 0.312 e. The van der Waals surface area contributed by atoms with Gasteiger partial charge in [0.1, 0.15) is 4.21 Å². The Morgan fingerprint density at radius 3 is 2.81 bits per heavy atom. The first-order valence-electron chi connectivity index (χ1n) is 7.82. The van der Waals surface area contributed by atoms with E-state index in [1.165, 1.54) is 11.3 Å². The number of sulfonamides is 1. The van der Waals surface area contributed by atoms with Gasteiger partial charge >= 0.3 is 0 Å². The van der Waals surface area contributed by atoms with Gasteiger partial charge in [-0.15, -0.1) is 11.3 Å². The standard InChI is InChI=1S/C15H26N2O2S2/c1-4-13-8-6-7-9-17(13)21(18,19)15-10-12(3)14(20-15)11-16-5-2/h10,13,16H,4-9,11H2,1-3H3. The summed E-state index contributed by atoms with van der Waals surface area (Å²) >= 11 is 1.42. The van der Waals surface area contributed by atoms with Crippen molar-refractivity contribution in [3.8, 4) is 0 Å². The van der Waals surface area contributed by atoms with Gasteiger partial charge in [0.05, 0.1) is 0 Å². The van der Waals surface area contributed by atoms with Crippen molar-refractivity contribution in [1.82, 2.24) is 9.62 Å². The second kappa shape index (κ2) is 7.22. The van der Waals surface area contributed by atoms with Crippen LogP contribution in [0.1, 0.15) is 50.0 Å². The monoisotopic (exact) mass is 330 g/mol. The molecule has 0 bridgehead atoms. The predicted octanol–water partition coefficient (Wildman–Crippen LogP) is 3.12. The van der Waals surface area contributed by atoms with Crippen molar-refractivity contribution in [3.63, 3.8) is 0 Å². The summed E-state index contributed by atoms with van der Waals surface area (Å²) in [5.41, 5.74) is 1.07. The van der Waals surface area contributed by atoms with Gasteiger partial charge in [0.25, 0.3) is 10.0 Å². The first-order valence-corrected chi connectivity index (χ1v) is 10.1.